The number of carbonyl (C=O) groups is 2. The average Bonchev–Trinajstić information content (AvgIpc) is 3.25. The van der Waals surface area contributed by atoms with Crippen molar-refractivity contribution in [3.05, 3.63) is 84.4 Å². The number of carbonyl (C=O) groups excluding carboxylic acids is 2. The van der Waals surface area contributed by atoms with Gasteiger partial charge in [-0.25, -0.2) is 0 Å². The van der Waals surface area contributed by atoms with Crippen LogP contribution in [0, 0.1) is 6.92 Å². The number of benzene rings is 3. The molecule has 0 fully saturated rings. The van der Waals surface area contributed by atoms with Crippen molar-refractivity contribution in [3.63, 3.8) is 0 Å². The van der Waals surface area contributed by atoms with E-state index in [1.165, 1.54) is 6.08 Å². The first-order valence-electron chi connectivity index (χ1n) is 10.1. The highest BCUT2D eigenvalue weighted by Crippen LogP contribution is 2.37. The van der Waals surface area contributed by atoms with Gasteiger partial charge in [-0.1, -0.05) is 36.9 Å². The van der Waals surface area contributed by atoms with E-state index in [4.69, 9.17) is 10.5 Å². The van der Waals surface area contributed by atoms with Crippen molar-refractivity contribution in [1.29, 1.82) is 0 Å². The van der Waals surface area contributed by atoms with Gasteiger partial charge in [-0.3, -0.25) is 9.59 Å². The molecule has 0 radical (unpaired) electrons. The molecule has 160 valence electrons. The minimum Gasteiger partial charge on any atom is -0.497 e. The zero-order valence-electron chi connectivity index (χ0n) is 17.9. The number of rotatable bonds is 6. The lowest BCUT2D eigenvalue weighted by Gasteiger charge is -2.13. The first-order chi connectivity index (χ1) is 15.4. The SMILES string of the molecule is C=CC(=O)Nc1cccc(-c2ccc(C(N)=O)c3[nH]c(-c4cccc(OC)c4)cc23)c1C. The van der Waals surface area contributed by atoms with Gasteiger partial charge in [0, 0.05) is 22.3 Å². The van der Waals surface area contributed by atoms with E-state index in [0.717, 1.165) is 39.1 Å². The van der Waals surface area contributed by atoms with Gasteiger partial charge in [0.15, 0.2) is 0 Å². The Kier molecular flexibility index (Phi) is 5.52. The molecular formula is C26H23N3O3. The Morgan fingerprint density at radius 3 is 2.56 bits per heavy atom. The fourth-order valence-corrected chi connectivity index (χ4v) is 3.85. The molecule has 0 aliphatic heterocycles. The van der Waals surface area contributed by atoms with Gasteiger partial charge in [0.2, 0.25) is 5.91 Å². The van der Waals surface area contributed by atoms with E-state index in [9.17, 15) is 9.59 Å². The maximum atomic E-state index is 12.1. The van der Waals surface area contributed by atoms with E-state index in [1.807, 2.05) is 61.5 Å². The summed E-state index contributed by atoms with van der Waals surface area (Å²) in [5, 5.41) is 3.69. The van der Waals surface area contributed by atoms with Crippen LogP contribution >= 0.6 is 0 Å². The fraction of sp³-hybridized carbons (Fsp3) is 0.0769. The third kappa shape index (κ3) is 3.74. The molecule has 0 spiro atoms. The summed E-state index contributed by atoms with van der Waals surface area (Å²) in [5.74, 6) is -0.0521. The van der Waals surface area contributed by atoms with Gasteiger partial charge in [-0.05, 0) is 60.0 Å². The van der Waals surface area contributed by atoms with E-state index in [0.29, 0.717) is 16.8 Å². The summed E-state index contributed by atoms with van der Waals surface area (Å²) >= 11 is 0. The van der Waals surface area contributed by atoms with Crippen molar-refractivity contribution in [1.82, 2.24) is 4.98 Å². The van der Waals surface area contributed by atoms with Crippen molar-refractivity contribution in [2.45, 2.75) is 6.92 Å². The van der Waals surface area contributed by atoms with E-state index < -0.39 is 5.91 Å². The van der Waals surface area contributed by atoms with Gasteiger partial charge < -0.3 is 20.8 Å². The van der Waals surface area contributed by atoms with Crippen molar-refractivity contribution in [2.24, 2.45) is 5.73 Å². The number of methoxy groups -OCH3 is 1. The monoisotopic (exact) mass is 425 g/mol. The zero-order valence-corrected chi connectivity index (χ0v) is 17.9. The lowest BCUT2D eigenvalue weighted by molar-refractivity contribution is -0.111. The average molecular weight is 425 g/mol. The number of hydrogen-bond acceptors (Lipinski definition) is 3. The number of H-pyrrole nitrogens is 1. The van der Waals surface area contributed by atoms with Gasteiger partial charge >= 0.3 is 0 Å². The first-order valence-corrected chi connectivity index (χ1v) is 10.1. The predicted octanol–water partition coefficient (Wildman–Crippen LogP) is 5.04. The van der Waals surface area contributed by atoms with Gasteiger partial charge in [0.05, 0.1) is 18.2 Å². The summed E-state index contributed by atoms with van der Waals surface area (Å²) in [5.41, 5.74) is 11.9. The predicted molar refractivity (Wildman–Crippen MR) is 128 cm³/mol. The Balaban J connectivity index is 1.93. The molecule has 1 aromatic heterocycles. The summed E-state index contributed by atoms with van der Waals surface area (Å²) in [6, 6.07) is 19.0. The van der Waals surface area contributed by atoms with E-state index in [-0.39, 0.29) is 5.91 Å². The number of anilines is 1. The highest BCUT2D eigenvalue weighted by atomic mass is 16.5. The lowest BCUT2D eigenvalue weighted by atomic mass is 9.94. The van der Waals surface area contributed by atoms with Crippen LogP contribution in [0.25, 0.3) is 33.3 Å². The Morgan fingerprint density at radius 1 is 1.06 bits per heavy atom. The van der Waals surface area contributed by atoms with Crippen LogP contribution in [-0.2, 0) is 4.79 Å². The summed E-state index contributed by atoms with van der Waals surface area (Å²) in [4.78, 5) is 27.3. The van der Waals surface area contributed by atoms with Gasteiger partial charge in [0.1, 0.15) is 5.75 Å². The van der Waals surface area contributed by atoms with Crippen molar-refractivity contribution in [2.75, 3.05) is 12.4 Å². The van der Waals surface area contributed by atoms with Crippen LogP contribution in [0.15, 0.2) is 73.3 Å². The Morgan fingerprint density at radius 2 is 1.84 bits per heavy atom. The number of amides is 2. The molecule has 0 saturated carbocycles. The number of ether oxygens (including phenoxy) is 1. The van der Waals surface area contributed by atoms with Crippen LogP contribution in [0.3, 0.4) is 0 Å². The maximum Gasteiger partial charge on any atom is 0.250 e. The number of primary amides is 1. The molecule has 0 aliphatic rings. The number of nitrogens with one attached hydrogen (secondary N) is 2. The molecule has 4 rings (SSSR count). The summed E-state index contributed by atoms with van der Waals surface area (Å²) < 4.78 is 5.35. The van der Waals surface area contributed by atoms with Gasteiger partial charge in [-0.15, -0.1) is 0 Å². The van der Waals surface area contributed by atoms with Crippen LogP contribution in [0.5, 0.6) is 5.75 Å². The van der Waals surface area contributed by atoms with Crippen LogP contribution < -0.4 is 15.8 Å². The normalized spacial score (nSPS) is 10.7. The van der Waals surface area contributed by atoms with Crippen molar-refractivity contribution >= 4 is 28.4 Å². The van der Waals surface area contributed by atoms with Gasteiger partial charge in [-0.2, -0.15) is 0 Å². The number of fused-ring (bicyclic) bond motifs is 1. The molecule has 0 unspecified atom stereocenters. The molecule has 6 nitrogen and oxygen atoms in total. The summed E-state index contributed by atoms with van der Waals surface area (Å²) in [7, 11) is 1.62. The van der Waals surface area contributed by atoms with Crippen LogP contribution in [0.1, 0.15) is 15.9 Å². The first kappa shape index (κ1) is 20.9. The number of aromatic amines is 1. The molecule has 1 heterocycles. The quantitative estimate of drug-likeness (QED) is 0.377. The molecule has 0 saturated heterocycles. The zero-order chi connectivity index (χ0) is 22.8. The van der Waals surface area contributed by atoms with E-state index in [2.05, 4.69) is 16.9 Å². The second-order valence-corrected chi connectivity index (χ2v) is 7.40. The fourth-order valence-electron chi connectivity index (χ4n) is 3.85. The number of nitrogens with two attached hydrogens (primary N) is 1. The molecule has 0 aliphatic carbocycles. The topological polar surface area (TPSA) is 97.2 Å². The highest BCUT2D eigenvalue weighted by Gasteiger charge is 2.17. The molecule has 0 bridgehead atoms. The largest absolute Gasteiger partial charge is 0.497 e. The highest BCUT2D eigenvalue weighted by molar-refractivity contribution is 6.11. The lowest BCUT2D eigenvalue weighted by Crippen LogP contribution is -2.11. The third-order valence-corrected chi connectivity index (χ3v) is 5.51. The van der Waals surface area contributed by atoms with Crippen molar-refractivity contribution < 1.29 is 14.3 Å². The maximum absolute atomic E-state index is 12.1. The molecule has 0 atom stereocenters. The Hall–Kier alpha value is -4.32. The summed E-state index contributed by atoms with van der Waals surface area (Å²) in [6.07, 6.45) is 1.23. The second kappa shape index (κ2) is 8.43. The second-order valence-electron chi connectivity index (χ2n) is 7.40. The van der Waals surface area contributed by atoms with Crippen LogP contribution in [-0.4, -0.2) is 23.9 Å². The van der Waals surface area contributed by atoms with Crippen LogP contribution in [0.2, 0.25) is 0 Å². The molecular weight excluding hydrogens is 402 g/mol. The molecule has 32 heavy (non-hydrogen) atoms. The smallest absolute Gasteiger partial charge is 0.250 e. The van der Waals surface area contributed by atoms with E-state index >= 15 is 0 Å². The minimum absolute atomic E-state index is 0.276. The third-order valence-electron chi connectivity index (χ3n) is 5.51. The molecule has 6 heteroatoms. The molecule has 3 aromatic carbocycles. The Labute approximate surface area is 185 Å². The van der Waals surface area contributed by atoms with E-state index in [1.54, 1.807) is 13.2 Å². The van der Waals surface area contributed by atoms with Crippen LogP contribution in [0.4, 0.5) is 5.69 Å². The number of aromatic nitrogens is 1. The molecule has 4 N–H and O–H groups in total. The van der Waals surface area contributed by atoms with Gasteiger partial charge in [0.25, 0.3) is 5.91 Å². The number of hydrogen-bond donors (Lipinski definition) is 3. The minimum atomic E-state index is -0.510. The van der Waals surface area contributed by atoms with Crippen molar-refractivity contribution in [3.8, 4) is 28.1 Å². The summed E-state index contributed by atoms with van der Waals surface area (Å²) in [6.45, 7) is 5.45. The molecule has 2 amide bonds. The Bertz CT molecular complexity index is 1370. The molecule has 4 aromatic rings. The standard InChI is InChI=1S/C26H23N3O3/c1-4-24(30)28-22-10-6-9-18(15(22)2)19-11-12-20(26(27)31)25-21(19)14-23(29-25)16-7-5-8-17(13-16)32-3/h4-14,29H,1H2,2-3H3,(H2,27,31)(H,28,30).